The molecule has 0 radical (unpaired) electrons. The third kappa shape index (κ3) is 1.89. The van der Waals surface area contributed by atoms with E-state index < -0.39 is 0 Å². The molecule has 0 aliphatic heterocycles. The van der Waals surface area contributed by atoms with Gasteiger partial charge in [0, 0.05) is 16.4 Å². The van der Waals surface area contributed by atoms with Crippen LogP contribution in [0.1, 0.15) is 18.2 Å². The molecule has 0 aromatic carbocycles. The molecule has 3 heteroatoms. The first-order valence-corrected chi connectivity index (χ1v) is 6.38. The minimum atomic E-state index is 0.518. The average molecular weight is 281 g/mol. The molecule has 2 rings (SSSR count). The highest BCUT2D eigenvalue weighted by Crippen LogP contribution is 2.29. The van der Waals surface area contributed by atoms with Crippen LogP contribution < -0.4 is 5.73 Å². The van der Waals surface area contributed by atoms with E-state index in [-0.39, 0.29) is 0 Å². The van der Waals surface area contributed by atoms with Gasteiger partial charge in [0.2, 0.25) is 0 Å². The van der Waals surface area contributed by atoms with Gasteiger partial charge >= 0.3 is 0 Å². The molecule has 0 amide bonds. The summed E-state index contributed by atoms with van der Waals surface area (Å²) < 4.78 is 3.46. The van der Waals surface area contributed by atoms with Crippen LogP contribution in [-0.4, -0.2) is 10.9 Å². The first-order chi connectivity index (χ1) is 7.65. The van der Waals surface area contributed by atoms with Crippen molar-refractivity contribution in [1.82, 2.24) is 4.40 Å². The molecule has 16 heavy (non-hydrogen) atoms. The van der Waals surface area contributed by atoms with Crippen LogP contribution in [0.2, 0.25) is 0 Å². The van der Waals surface area contributed by atoms with Crippen molar-refractivity contribution in [3.8, 4) is 0 Å². The summed E-state index contributed by atoms with van der Waals surface area (Å²) in [6.07, 6.45) is 3.14. The average Bonchev–Trinajstić information content (AvgIpc) is 2.55. The summed E-state index contributed by atoms with van der Waals surface area (Å²) in [7, 11) is 0. The maximum atomic E-state index is 5.70. The third-order valence-corrected chi connectivity index (χ3v) is 4.08. The quantitative estimate of drug-likeness (QED) is 0.920. The van der Waals surface area contributed by atoms with E-state index in [2.05, 4.69) is 58.6 Å². The summed E-state index contributed by atoms with van der Waals surface area (Å²) in [5, 5.41) is 0. The summed E-state index contributed by atoms with van der Waals surface area (Å²) in [6.45, 7) is 5.09. The fourth-order valence-electron chi connectivity index (χ4n) is 2.02. The van der Waals surface area contributed by atoms with Gasteiger partial charge in [-0.05, 0) is 59.4 Å². The smallest absolute Gasteiger partial charge is 0.0597 e. The number of halogens is 1. The molecule has 0 bridgehead atoms. The lowest BCUT2D eigenvalue weighted by Crippen LogP contribution is -2.14. The van der Waals surface area contributed by atoms with Gasteiger partial charge in [-0.15, -0.1) is 0 Å². The highest BCUT2D eigenvalue weighted by Gasteiger charge is 2.14. The molecule has 0 aliphatic rings. The van der Waals surface area contributed by atoms with Crippen LogP contribution in [0.15, 0.2) is 28.9 Å². The van der Waals surface area contributed by atoms with Crippen LogP contribution in [0.4, 0.5) is 0 Å². The standard InChI is InChI=1S/C13H17BrN2/c1-9(8-15)7-12-10(2)13(14)11-5-3-4-6-16(11)12/h3-6,9H,7-8,15H2,1-2H3. The Morgan fingerprint density at radius 3 is 2.88 bits per heavy atom. The van der Waals surface area contributed by atoms with Crippen LogP contribution in [-0.2, 0) is 6.42 Å². The first kappa shape index (κ1) is 11.7. The molecule has 0 saturated carbocycles. The van der Waals surface area contributed by atoms with Crippen LogP contribution in [0.25, 0.3) is 5.52 Å². The van der Waals surface area contributed by atoms with E-state index >= 15 is 0 Å². The minimum absolute atomic E-state index is 0.518. The molecule has 0 spiro atoms. The fourth-order valence-corrected chi connectivity index (χ4v) is 2.57. The molecule has 0 fully saturated rings. The number of pyridine rings is 1. The maximum Gasteiger partial charge on any atom is 0.0597 e. The highest BCUT2D eigenvalue weighted by atomic mass is 79.9. The maximum absolute atomic E-state index is 5.70. The molecular weight excluding hydrogens is 264 g/mol. The van der Waals surface area contributed by atoms with Gasteiger partial charge in [-0.3, -0.25) is 0 Å². The van der Waals surface area contributed by atoms with Crippen LogP contribution >= 0.6 is 15.9 Å². The number of rotatable bonds is 3. The molecule has 1 unspecified atom stereocenters. The Kier molecular flexibility index (Phi) is 3.36. The first-order valence-electron chi connectivity index (χ1n) is 5.59. The summed E-state index contributed by atoms with van der Waals surface area (Å²) in [6, 6.07) is 6.26. The number of hydrogen-bond donors (Lipinski definition) is 1. The van der Waals surface area contributed by atoms with E-state index in [0.29, 0.717) is 5.92 Å². The SMILES string of the molecule is Cc1c(Br)c2ccccn2c1CC(C)CN. The van der Waals surface area contributed by atoms with Crippen molar-refractivity contribution >= 4 is 21.4 Å². The number of hydrogen-bond acceptors (Lipinski definition) is 1. The Bertz CT molecular complexity index is 502. The summed E-state index contributed by atoms with van der Waals surface area (Å²) >= 11 is 3.66. The van der Waals surface area contributed by atoms with E-state index in [0.717, 1.165) is 13.0 Å². The number of nitrogens with two attached hydrogens (primary N) is 1. The molecule has 0 saturated heterocycles. The highest BCUT2D eigenvalue weighted by molar-refractivity contribution is 9.10. The largest absolute Gasteiger partial charge is 0.330 e. The number of nitrogens with zero attached hydrogens (tertiary/aromatic N) is 1. The monoisotopic (exact) mass is 280 g/mol. The zero-order valence-electron chi connectivity index (χ0n) is 9.70. The molecule has 2 aromatic heterocycles. The van der Waals surface area contributed by atoms with Gasteiger partial charge in [0.1, 0.15) is 0 Å². The molecule has 2 nitrogen and oxygen atoms in total. The van der Waals surface area contributed by atoms with E-state index in [1.165, 1.54) is 21.2 Å². The van der Waals surface area contributed by atoms with E-state index in [4.69, 9.17) is 5.73 Å². The fraction of sp³-hybridized carbons (Fsp3) is 0.385. The topological polar surface area (TPSA) is 30.4 Å². The third-order valence-electron chi connectivity index (χ3n) is 3.08. The lowest BCUT2D eigenvalue weighted by Gasteiger charge is -2.09. The molecule has 2 aromatic rings. The second kappa shape index (κ2) is 4.60. The van der Waals surface area contributed by atoms with Crippen molar-refractivity contribution in [3.63, 3.8) is 0 Å². The molecule has 1 atom stereocenters. The minimum Gasteiger partial charge on any atom is -0.330 e. The second-order valence-electron chi connectivity index (χ2n) is 4.39. The van der Waals surface area contributed by atoms with E-state index in [1.807, 2.05) is 0 Å². The van der Waals surface area contributed by atoms with Gasteiger partial charge in [0.15, 0.2) is 0 Å². The van der Waals surface area contributed by atoms with Crippen molar-refractivity contribution in [3.05, 3.63) is 40.1 Å². The summed E-state index contributed by atoms with van der Waals surface area (Å²) in [5.74, 6) is 0.518. The zero-order valence-corrected chi connectivity index (χ0v) is 11.3. The molecule has 86 valence electrons. The summed E-state index contributed by atoms with van der Waals surface area (Å²) in [5.41, 5.74) is 9.62. The van der Waals surface area contributed by atoms with Crippen LogP contribution in [0.3, 0.4) is 0 Å². The Morgan fingerprint density at radius 2 is 2.19 bits per heavy atom. The second-order valence-corrected chi connectivity index (χ2v) is 5.18. The normalized spacial score (nSPS) is 13.2. The Balaban J connectivity index is 2.55. The van der Waals surface area contributed by atoms with Gasteiger partial charge in [0.25, 0.3) is 0 Å². The van der Waals surface area contributed by atoms with Crippen LogP contribution in [0, 0.1) is 12.8 Å². The molecule has 0 aliphatic carbocycles. The Labute approximate surface area is 105 Å². The van der Waals surface area contributed by atoms with Crippen molar-refractivity contribution in [1.29, 1.82) is 0 Å². The van der Waals surface area contributed by atoms with Crippen molar-refractivity contribution in [2.24, 2.45) is 11.7 Å². The predicted molar refractivity (Wildman–Crippen MR) is 71.8 cm³/mol. The Hall–Kier alpha value is -0.800. The molecule has 2 N–H and O–H groups in total. The van der Waals surface area contributed by atoms with Gasteiger partial charge in [-0.1, -0.05) is 13.0 Å². The predicted octanol–water partition coefficient (Wildman–Crippen LogP) is 3.15. The number of aromatic nitrogens is 1. The lowest BCUT2D eigenvalue weighted by atomic mass is 10.0. The Morgan fingerprint density at radius 1 is 1.44 bits per heavy atom. The lowest BCUT2D eigenvalue weighted by molar-refractivity contribution is 0.580. The van der Waals surface area contributed by atoms with Crippen molar-refractivity contribution < 1.29 is 0 Å². The zero-order chi connectivity index (χ0) is 11.7. The van der Waals surface area contributed by atoms with Crippen molar-refractivity contribution in [2.75, 3.05) is 6.54 Å². The summed E-state index contributed by atoms with van der Waals surface area (Å²) in [4.78, 5) is 0. The van der Waals surface area contributed by atoms with Crippen molar-refractivity contribution in [2.45, 2.75) is 20.3 Å². The van der Waals surface area contributed by atoms with E-state index in [9.17, 15) is 0 Å². The number of fused-ring (bicyclic) bond motifs is 1. The van der Waals surface area contributed by atoms with Gasteiger partial charge in [0.05, 0.1) is 5.52 Å². The van der Waals surface area contributed by atoms with Gasteiger partial charge in [-0.25, -0.2) is 0 Å². The molecular formula is C13H17BrN2. The van der Waals surface area contributed by atoms with Gasteiger partial charge in [-0.2, -0.15) is 0 Å². The van der Waals surface area contributed by atoms with Gasteiger partial charge < -0.3 is 10.1 Å². The molecule has 2 heterocycles. The van der Waals surface area contributed by atoms with E-state index in [1.54, 1.807) is 0 Å². The van der Waals surface area contributed by atoms with Crippen LogP contribution in [0.5, 0.6) is 0 Å².